The standard InChI is InChI=1S/C27H29BrClN3O4S/c1-18-5-12-24(15-19(18)2)32(37(35,36)25-13-10-23(29)11-14-25)17-26(33)31(20(3)27(34)30-4)16-21-6-8-22(28)9-7-21/h5-15,20H,16-17H2,1-4H3,(H,30,34)/t20-/m1/s1. The molecule has 0 aliphatic rings. The number of carbonyl (C=O) groups is 2. The Morgan fingerprint density at radius 2 is 1.59 bits per heavy atom. The molecule has 0 aliphatic heterocycles. The van der Waals surface area contributed by atoms with E-state index in [0.29, 0.717) is 10.7 Å². The molecule has 3 aromatic carbocycles. The van der Waals surface area contributed by atoms with Gasteiger partial charge < -0.3 is 10.2 Å². The molecule has 0 unspecified atom stereocenters. The fourth-order valence-electron chi connectivity index (χ4n) is 3.72. The Morgan fingerprint density at radius 3 is 2.16 bits per heavy atom. The van der Waals surface area contributed by atoms with Crippen LogP contribution >= 0.6 is 27.5 Å². The third kappa shape index (κ3) is 6.91. The van der Waals surface area contributed by atoms with Gasteiger partial charge in [-0.25, -0.2) is 8.42 Å². The minimum absolute atomic E-state index is 0.00161. The summed E-state index contributed by atoms with van der Waals surface area (Å²) in [4.78, 5) is 27.7. The van der Waals surface area contributed by atoms with Gasteiger partial charge in [0, 0.05) is 23.1 Å². The lowest BCUT2D eigenvalue weighted by Gasteiger charge is -2.32. The van der Waals surface area contributed by atoms with Crippen LogP contribution < -0.4 is 9.62 Å². The summed E-state index contributed by atoms with van der Waals surface area (Å²) in [6, 6.07) is 17.5. The number of likely N-dealkylation sites (N-methyl/N-ethyl adjacent to an activating group) is 1. The van der Waals surface area contributed by atoms with Gasteiger partial charge in [-0.15, -0.1) is 0 Å². The highest BCUT2D eigenvalue weighted by atomic mass is 79.9. The fourth-order valence-corrected chi connectivity index (χ4v) is 5.52. The third-order valence-corrected chi connectivity index (χ3v) is 8.71. The first-order valence-electron chi connectivity index (χ1n) is 11.5. The maximum Gasteiger partial charge on any atom is 0.264 e. The van der Waals surface area contributed by atoms with Crippen LogP contribution in [0.2, 0.25) is 5.02 Å². The summed E-state index contributed by atoms with van der Waals surface area (Å²) >= 11 is 9.37. The molecule has 3 aromatic rings. The van der Waals surface area contributed by atoms with E-state index in [2.05, 4.69) is 21.2 Å². The first-order valence-corrected chi connectivity index (χ1v) is 14.2. The highest BCUT2D eigenvalue weighted by molar-refractivity contribution is 9.10. The number of anilines is 1. The van der Waals surface area contributed by atoms with Crippen LogP contribution in [0, 0.1) is 13.8 Å². The average Bonchev–Trinajstić information content (AvgIpc) is 2.87. The van der Waals surface area contributed by atoms with E-state index in [1.54, 1.807) is 19.1 Å². The van der Waals surface area contributed by atoms with Crippen LogP contribution in [0.3, 0.4) is 0 Å². The van der Waals surface area contributed by atoms with Gasteiger partial charge in [-0.05, 0) is 86.0 Å². The number of carbonyl (C=O) groups excluding carboxylic acids is 2. The molecule has 7 nitrogen and oxygen atoms in total. The van der Waals surface area contributed by atoms with Crippen LogP contribution in [-0.2, 0) is 26.2 Å². The maximum absolute atomic E-state index is 13.8. The van der Waals surface area contributed by atoms with E-state index in [-0.39, 0.29) is 17.3 Å². The number of amides is 2. The van der Waals surface area contributed by atoms with Gasteiger partial charge >= 0.3 is 0 Å². The van der Waals surface area contributed by atoms with Crippen LogP contribution in [0.1, 0.15) is 23.6 Å². The number of benzene rings is 3. The topological polar surface area (TPSA) is 86.8 Å². The molecule has 1 atom stereocenters. The zero-order valence-electron chi connectivity index (χ0n) is 21.0. The molecule has 0 heterocycles. The number of halogens is 2. The molecule has 0 saturated carbocycles. The predicted octanol–water partition coefficient (Wildman–Crippen LogP) is 5.08. The van der Waals surface area contributed by atoms with Crippen molar-refractivity contribution in [3.8, 4) is 0 Å². The molecular formula is C27H29BrClN3O4S. The first-order chi connectivity index (χ1) is 17.4. The second-order valence-corrected chi connectivity index (χ2v) is 11.9. The van der Waals surface area contributed by atoms with Gasteiger partial charge in [-0.2, -0.15) is 0 Å². The van der Waals surface area contributed by atoms with Crippen LogP contribution in [0.25, 0.3) is 0 Å². The molecule has 0 bridgehead atoms. The lowest BCUT2D eigenvalue weighted by Crippen LogP contribution is -2.50. The quantitative estimate of drug-likeness (QED) is 0.368. The van der Waals surface area contributed by atoms with Crippen molar-refractivity contribution in [1.82, 2.24) is 10.2 Å². The number of rotatable bonds is 9. The number of aryl methyl sites for hydroxylation is 2. The Morgan fingerprint density at radius 1 is 0.973 bits per heavy atom. The largest absolute Gasteiger partial charge is 0.357 e. The summed E-state index contributed by atoms with van der Waals surface area (Å²) in [6.07, 6.45) is 0. The van der Waals surface area contributed by atoms with E-state index in [4.69, 9.17) is 11.6 Å². The normalized spacial score (nSPS) is 12.1. The number of hydrogen-bond acceptors (Lipinski definition) is 4. The zero-order valence-corrected chi connectivity index (χ0v) is 24.2. The number of sulfonamides is 1. The Hall–Kier alpha value is -2.88. The highest BCUT2D eigenvalue weighted by Crippen LogP contribution is 2.27. The molecule has 10 heteroatoms. The molecule has 1 N–H and O–H groups in total. The smallest absolute Gasteiger partial charge is 0.264 e. The third-order valence-electron chi connectivity index (χ3n) is 6.14. The second kappa shape index (κ2) is 12.1. The minimum Gasteiger partial charge on any atom is -0.357 e. The summed E-state index contributed by atoms with van der Waals surface area (Å²) in [5.74, 6) is -0.876. The molecule has 37 heavy (non-hydrogen) atoms. The van der Waals surface area contributed by atoms with E-state index in [1.807, 2.05) is 44.2 Å². The molecule has 0 saturated heterocycles. The van der Waals surface area contributed by atoms with E-state index >= 15 is 0 Å². The first kappa shape index (κ1) is 28.7. The van der Waals surface area contributed by atoms with Gasteiger partial charge in [0.25, 0.3) is 10.0 Å². The number of hydrogen-bond donors (Lipinski definition) is 1. The van der Waals surface area contributed by atoms with Crippen molar-refractivity contribution >= 4 is 55.1 Å². The van der Waals surface area contributed by atoms with E-state index in [9.17, 15) is 18.0 Å². The van der Waals surface area contributed by atoms with Gasteiger partial charge in [0.05, 0.1) is 10.6 Å². The van der Waals surface area contributed by atoms with E-state index in [1.165, 1.54) is 36.2 Å². The Labute approximate surface area is 231 Å². The lowest BCUT2D eigenvalue weighted by atomic mass is 10.1. The molecule has 0 spiro atoms. The van der Waals surface area contributed by atoms with Crippen molar-refractivity contribution in [1.29, 1.82) is 0 Å². The van der Waals surface area contributed by atoms with Crippen LogP contribution in [0.5, 0.6) is 0 Å². The van der Waals surface area contributed by atoms with Gasteiger partial charge in [-0.3, -0.25) is 13.9 Å². The Bertz CT molecular complexity index is 1380. The van der Waals surface area contributed by atoms with Crippen molar-refractivity contribution in [2.75, 3.05) is 17.9 Å². The van der Waals surface area contributed by atoms with Crippen molar-refractivity contribution in [2.24, 2.45) is 0 Å². The summed E-state index contributed by atoms with van der Waals surface area (Å²) in [7, 11) is -2.65. The van der Waals surface area contributed by atoms with Gasteiger partial charge in [0.2, 0.25) is 11.8 Å². The van der Waals surface area contributed by atoms with Crippen LogP contribution in [-0.4, -0.2) is 44.8 Å². The number of nitrogens with one attached hydrogen (secondary N) is 1. The lowest BCUT2D eigenvalue weighted by molar-refractivity contribution is -0.139. The Kier molecular flexibility index (Phi) is 9.39. The maximum atomic E-state index is 13.8. The zero-order chi connectivity index (χ0) is 27.3. The van der Waals surface area contributed by atoms with Crippen LogP contribution in [0.15, 0.2) is 76.1 Å². The predicted molar refractivity (Wildman–Crippen MR) is 150 cm³/mol. The summed E-state index contributed by atoms with van der Waals surface area (Å²) in [5.41, 5.74) is 3.02. The molecular weight excluding hydrogens is 578 g/mol. The van der Waals surface area contributed by atoms with Crippen LogP contribution in [0.4, 0.5) is 5.69 Å². The van der Waals surface area contributed by atoms with Crippen molar-refractivity contribution in [2.45, 2.75) is 38.3 Å². The monoisotopic (exact) mass is 605 g/mol. The summed E-state index contributed by atoms with van der Waals surface area (Å²) in [5, 5.41) is 2.97. The highest BCUT2D eigenvalue weighted by Gasteiger charge is 2.32. The van der Waals surface area contributed by atoms with Crippen molar-refractivity contribution < 1.29 is 18.0 Å². The molecule has 2 amide bonds. The molecule has 0 fully saturated rings. The summed E-state index contributed by atoms with van der Waals surface area (Å²) in [6.45, 7) is 5.05. The van der Waals surface area contributed by atoms with Gasteiger partial charge in [0.1, 0.15) is 12.6 Å². The van der Waals surface area contributed by atoms with Crippen molar-refractivity contribution in [3.05, 3.63) is 92.9 Å². The molecule has 0 radical (unpaired) electrons. The van der Waals surface area contributed by atoms with Crippen molar-refractivity contribution in [3.63, 3.8) is 0 Å². The SMILES string of the molecule is CNC(=O)[C@@H](C)N(Cc1ccc(Br)cc1)C(=O)CN(c1ccc(C)c(C)c1)S(=O)(=O)c1ccc(Cl)cc1. The van der Waals surface area contributed by atoms with E-state index in [0.717, 1.165) is 25.5 Å². The average molecular weight is 607 g/mol. The summed E-state index contributed by atoms with van der Waals surface area (Å²) < 4.78 is 29.5. The van der Waals surface area contributed by atoms with E-state index < -0.39 is 28.5 Å². The molecule has 0 aromatic heterocycles. The molecule has 0 aliphatic carbocycles. The van der Waals surface area contributed by atoms with Gasteiger partial charge in [0.15, 0.2) is 0 Å². The Balaban J connectivity index is 2.05. The second-order valence-electron chi connectivity index (χ2n) is 8.67. The minimum atomic E-state index is -4.14. The number of nitrogens with zero attached hydrogens (tertiary/aromatic N) is 2. The molecule has 196 valence electrons. The van der Waals surface area contributed by atoms with Gasteiger partial charge in [-0.1, -0.05) is 45.7 Å². The fraction of sp³-hybridized carbons (Fsp3) is 0.259. The molecule has 3 rings (SSSR count).